The van der Waals surface area contributed by atoms with E-state index >= 15 is 0 Å². The lowest BCUT2D eigenvalue weighted by Gasteiger charge is -2.42. The molecule has 72 heavy (non-hydrogen) atoms. The van der Waals surface area contributed by atoms with Crippen molar-refractivity contribution in [3.05, 3.63) is 24.3 Å². The Kier molecular flexibility index (Phi) is 40.5. The third kappa shape index (κ3) is 31.1. The minimum absolute atomic E-state index is 0.163. The molecular formula is C57H104O15. The van der Waals surface area contributed by atoms with Crippen molar-refractivity contribution in [3.8, 4) is 0 Å². The zero-order valence-corrected chi connectivity index (χ0v) is 44.9. The summed E-state index contributed by atoms with van der Waals surface area (Å²) in [6, 6.07) is 0. The van der Waals surface area contributed by atoms with Gasteiger partial charge in [-0.1, -0.05) is 199 Å². The molecule has 0 aliphatic carbocycles. The van der Waals surface area contributed by atoms with Gasteiger partial charge in [-0.05, 0) is 44.9 Å². The molecule has 2 aliphatic rings. The summed E-state index contributed by atoms with van der Waals surface area (Å²) in [6.45, 7) is 2.62. The van der Waals surface area contributed by atoms with Gasteiger partial charge < -0.3 is 64.2 Å². The summed E-state index contributed by atoms with van der Waals surface area (Å²) in [6.07, 6.45) is 30.5. The second-order valence-corrected chi connectivity index (χ2v) is 20.5. The number of esters is 2. The number of carbonyl (C=O) groups is 2. The fraction of sp³-hybridized carbons (Fsp3) is 0.895. The molecule has 0 radical (unpaired) electrons. The lowest BCUT2D eigenvalue weighted by molar-refractivity contribution is -0.332. The SMILES string of the molecule is CCCCCCC/C=C\C/C=C\CCCCCCCCCCCC(=O)OC(COC(=O)CCCCCCCCCCCCCCCCC)COC1OC(COC2OC(CO)C(O)C(O)C2O)C(O)C(O)C1O. The van der Waals surface area contributed by atoms with Crippen LogP contribution in [0.1, 0.15) is 232 Å². The van der Waals surface area contributed by atoms with Gasteiger partial charge in [0.15, 0.2) is 18.7 Å². The van der Waals surface area contributed by atoms with Gasteiger partial charge in [-0.3, -0.25) is 9.59 Å². The maximum Gasteiger partial charge on any atom is 0.306 e. The molecule has 15 heteroatoms. The normalized spacial score (nSPS) is 25.1. The number of hydrogen-bond donors (Lipinski definition) is 7. The van der Waals surface area contributed by atoms with E-state index in [9.17, 15) is 45.3 Å². The van der Waals surface area contributed by atoms with Crippen LogP contribution >= 0.6 is 0 Å². The molecule has 7 N–H and O–H groups in total. The molecule has 0 spiro atoms. The molecule has 0 bridgehead atoms. The highest BCUT2D eigenvalue weighted by Gasteiger charge is 2.47. The Hall–Kier alpha value is -2.02. The topological polar surface area (TPSA) is 231 Å². The van der Waals surface area contributed by atoms with Crippen LogP contribution < -0.4 is 0 Å². The van der Waals surface area contributed by atoms with Gasteiger partial charge in [-0.15, -0.1) is 0 Å². The highest BCUT2D eigenvalue weighted by molar-refractivity contribution is 5.70. The molecule has 11 atom stereocenters. The first-order valence-electron chi connectivity index (χ1n) is 28.9. The molecule has 15 nitrogen and oxygen atoms in total. The van der Waals surface area contributed by atoms with Crippen LogP contribution in [0, 0.1) is 0 Å². The summed E-state index contributed by atoms with van der Waals surface area (Å²) >= 11 is 0. The molecule has 0 amide bonds. The third-order valence-electron chi connectivity index (χ3n) is 13.9. The smallest absolute Gasteiger partial charge is 0.306 e. The van der Waals surface area contributed by atoms with Gasteiger partial charge in [0.25, 0.3) is 0 Å². The second-order valence-electron chi connectivity index (χ2n) is 20.5. The quantitative estimate of drug-likeness (QED) is 0.0171. The van der Waals surface area contributed by atoms with Crippen LogP contribution in [0.5, 0.6) is 0 Å². The van der Waals surface area contributed by atoms with Crippen LogP contribution in [-0.4, -0.2) is 142 Å². The molecule has 2 heterocycles. The van der Waals surface area contributed by atoms with Crippen molar-refractivity contribution >= 4 is 11.9 Å². The Labute approximate surface area is 434 Å². The monoisotopic (exact) mass is 1030 g/mol. The van der Waals surface area contributed by atoms with Crippen molar-refractivity contribution in [3.63, 3.8) is 0 Å². The van der Waals surface area contributed by atoms with Crippen molar-refractivity contribution in [2.75, 3.05) is 26.4 Å². The first-order chi connectivity index (χ1) is 35.0. The average Bonchev–Trinajstić information content (AvgIpc) is 3.37. The number of rotatable bonds is 46. The molecule has 2 aliphatic heterocycles. The van der Waals surface area contributed by atoms with Crippen LogP contribution in [0.2, 0.25) is 0 Å². The summed E-state index contributed by atoms with van der Waals surface area (Å²) in [4.78, 5) is 25.9. The van der Waals surface area contributed by atoms with Gasteiger partial charge in [0.05, 0.1) is 19.8 Å². The zero-order valence-electron chi connectivity index (χ0n) is 44.9. The average molecular weight is 1030 g/mol. The predicted octanol–water partition coefficient (Wildman–Crippen LogP) is 9.50. The van der Waals surface area contributed by atoms with E-state index < -0.39 is 92.7 Å². The van der Waals surface area contributed by atoms with Gasteiger partial charge in [-0.2, -0.15) is 0 Å². The van der Waals surface area contributed by atoms with E-state index in [1.807, 2.05) is 0 Å². The minimum atomic E-state index is -1.76. The van der Waals surface area contributed by atoms with Gasteiger partial charge in [0, 0.05) is 12.8 Å². The molecule has 0 aromatic heterocycles. The van der Waals surface area contributed by atoms with E-state index in [4.69, 9.17) is 28.4 Å². The number of aliphatic hydroxyl groups is 7. The summed E-state index contributed by atoms with van der Waals surface area (Å²) in [5.74, 6) is -0.918. The summed E-state index contributed by atoms with van der Waals surface area (Å²) in [5.41, 5.74) is 0. The number of aliphatic hydroxyl groups excluding tert-OH is 7. The molecule has 2 rings (SSSR count). The first-order valence-corrected chi connectivity index (χ1v) is 28.9. The first kappa shape index (κ1) is 66.1. The van der Waals surface area contributed by atoms with E-state index in [1.54, 1.807) is 0 Å². The van der Waals surface area contributed by atoms with Crippen molar-refractivity contribution < 1.29 is 73.8 Å². The number of carbonyl (C=O) groups excluding carboxylic acids is 2. The summed E-state index contributed by atoms with van der Waals surface area (Å²) in [5, 5.41) is 72.2. The molecule has 422 valence electrons. The van der Waals surface area contributed by atoms with Crippen LogP contribution in [0.4, 0.5) is 0 Å². The Morgan fingerprint density at radius 2 is 0.833 bits per heavy atom. The van der Waals surface area contributed by atoms with Crippen molar-refractivity contribution in [2.45, 2.75) is 300 Å². The Morgan fingerprint density at radius 1 is 0.444 bits per heavy atom. The minimum Gasteiger partial charge on any atom is -0.462 e. The summed E-state index contributed by atoms with van der Waals surface area (Å²) < 4.78 is 33.7. The highest BCUT2D eigenvalue weighted by atomic mass is 16.7. The fourth-order valence-corrected chi connectivity index (χ4v) is 9.19. The largest absolute Gasteiger partial charge is 0.462 e. The lowest BCUT2D eigenvalue weighted by Crippen LogP contribution is -2.61. The third-order valence-corrected chi connectivity index (χ3v) is 13.9. The highest BCUT2D eigenvalue weighted by Crippen LogP contribution is 2.27. The van der Waals surface area contributed by atoms with Gasteiger partial charge in [0.2, 0.25) is 0 Å². The van der Waals surface area contributed by atoms with Gasteiger partial charge in [-0.25, -0.2) is 0 Å². The molecular weight excluding hydrogens is 925 g/mol. The molecule has 11 unspecified atom stereocenters. The number of allylic oxidation sites excluding steroid dienone is 4. The van der Waals surface area contributed by atoms with Crippen molar-refractivity contribution in [1.29, 1.82) is 0 Å². The van der Waals surface area contributed by atoms with Crippen molar-refractivity contribution in [1.82, 2.24) is 0 Å². The lowest BCUT2D eigenvalue weighted by atomic mass is 9.98. The maximum absolute atomic E-state index is 13.1. The summed E-state index contributed by atoms with van der Waals surface area (Å²) in [7, 11) is 0. The molecule has 0 aromatic carbocycles. The Balaban J connectivity index is 1.75. The number of unbranched alkanes of at least 4 members (excludes halogenated alkanes) is 28. The van der Waals surface area contributed by atoms with E-state index in [1.165, 1.54) is 135 Å². The Bertz CT molecular complexity index is 1350. The number of hydrogen-bond acceptors (Lipinski definition) is 15. The fourth-order valence-electron chi connectivity index (χ4n) is 9.19. The molecule has 2 fully saturated rings. The van der Waals surface area contributed by atoms with Crippen LogP contribution in [0.3, 0.4) is 0 Å². The van der Waals surface area contributed by atoms with E-state index in [0.29, 0.717) is 12.8 Å². The molecule has 2 saturated heterocycles. The molecule has 0 aromatic rings. The standard InChI is InChI=1S/C57H104O15/c1-3-5-7-9-11-13-15-17-19-20-21-22-23-24-26-28-30-32-34-36-38-40-49(60)70-45(42-67-48(59)39-37-35-33-31-29-27-25-18-16-14-12-10-8-6-4-2)43-68-56-55(66)53(64)51(62)47(72-56)44-69-57-54(65)52(63)50(61)46(41-58)71-57/h15,17,20-21,45-47,50-58,61-66H,3-14,16,18-19,22-44H2,1-2H3/b17-15-,21-20-. The van der Waals surface area contributed by atoms with E-state index in [0.717, 1.165) is 57.8 Å². The van der Waals surface area contributed by atoms with Crippen LogP contribution in [0.15, 0.2) is 24.3 Å². The number of ether oxygens (including phenoxy) is 6. The van der Waals surface area contributed by atoms with Gasteiger partial charge in [0.1, 0.15) is 55.4 Å². The predicted molar refractivity (Wildman–Crippen MR) is 280 cm³/mol. The second kappa shape index (κ2) is 44.1. The van der Waals surface area contributed by atoms with E-state index in [2.05, 4.69) is 38.2 Å². The van der Waals surface area contributed by atoms with E-state index in [-0.39, 0.29) is 26.1 Å². The van der Waals surface area contributed by atoms with Crippen LogP contribution in [-0.2, 0) is 38.0 Å². The van der Waals surface area contributed by atoms with Crippen molar-refractivity contribution in [2.24, 2.45) is 0 Å². The van der Waals surface area contributed by atoms with Crippen LogP contribution in [0.25, 0.3) is 0 Å². The zero-order chi connectivity index (χ0) is 52.4. The molecule has 0 saturated carbocycles. The maximum atomic E-state index is 13.1. The Morgan fingerprint density at radius 3 is 1.29 bits per heavy atom. The van der Waals surface area contributed by atoms with Gasteiger partial charge >= 0.3 is 11.9 Å².